The Hall–Kier alpha value is -10.5. The minimum Gasteiger partial charge on any atom is -0.455 e. The lowest BCUT2D eigenvalue weighted by atomic mass is 9.70. The maximum absolute atomic E-state index is 7.37. The fourth-order valence-corrected chi connectivity index (χ4v) is 14.2. The van der Waals surface area contributed by atoms with Crippen LogP contribution in [0.1, 0.15) is 22.3 Å². The van der Waals surface area contributed by atoms with Crippen LogP contribution in [-0.4, -0.2) is 4.57 Å². The van der Waals surface area contributed by atoms with Crippen LogP contribution in [0.4, 0.5) is 17.1 Å². The normalized spacial score (nSPS) is 12.8. The molecule has 0 saturated carbocycles. The van der Waals surface area contributed by atoms with Gasteiger partial charge in [0.25, 0.3) is 0 Å². The summed E-state index contributed by atoms with van der Waals surface area (Å²) in [6, 6.07) is 107. The Morgan fingerprint density at radius 2 is 0.875 bits per heavy atom. The van der Waals surface area contributed by atoms with E-state index in [1.165, 1.54) is 66.1 Å². The number of benzene rings is 13. The van der Waals surface area contributed by atoms with Gasteiger partial charge in [-0.25, -0.2) is 0 Å². The topological polar surface area (TPSA) is 21.3 Å². The van der Waals surface area contributed by atoms with Crippen LogP contribution in [0.5, 0.6) is 0 Å². The van der Waals surface area contributed by atoms with Crippen LogP contribution in [0.25, 0.3) is 116 Å². The number of para-hydroxylation sites is 5. The molecule has 1 spiro atoms. The molecule has 80 heavy (non-hydrogen) atoms. The van der Waals surface area contributed by atoms with Crippen molar-refractivity contribution in [3.8, 4) is 61.3 Å². The molecule has 0 radical (unpaired) electrons. The second-order valence-electron chi connectivity index (χ2n) is 21.4. The first-order chi connectivity index (χ1) is 39.7. The Kier molecular flexibility index (Phi) is 9.63. The summed E-state index contributed by atoms with van der Waals surface area (Å²) in [6.45, 7) is 0. The van der Waals surface area contributed by atoms with Crippen LogP contribution < -0.4 is 4.90 Å². The van der Waals surface area contributed by atoms with Gasteiger partial charge in [-0.2, -0.15) is 0 Å². The van der Waals surface area contributed by atoms with E-state index in [0.29, 0.717) is 0 Å². The molecule has 2 aliphatic rings. The average Bonchev–Trinajstić information content (AvgIpc) is 4.40. The molecular formula is C77H48N2O. The van der Waals surface area contributed by atoms with E-state index in [1.807, 2.05) is 0 Å². The molecule has 3 heteroatoms. The molecule has 0 amide bonds. The average molecular weight is 1020 g/mol. The highest BCUT2D eigenvalue weighted by Gasteiger charge is 2.52. The Morgan fingerprint density at radius 1 is 0.338 bits per heavy atom. The zero-order valence-corrected chi connectivity index (χ0v) is 43.5. The van der Waals surface area contributed by atoms with Crippen molar-refractivity contribution in [3.05, 3.63) is 313 Å². The maximum atomic E-state index is 7.37. The number of hydrogen-bond donors (Lipinski definition) is 0. The van der Waals surface area contributed by atoms with Gasteiger partial charge in [0.1, 0.15) is 11.2 Å². The van der Waals surface area contributed by atoms with Crippen molar-refractivity contribution in [3.63, 3.8) is 0 Å². The predicted octanol–water partition coefficient (Wildman–Crippen LogP) is 20.7. The standard InChI is InChI=1S/C77H48N2O/c1-3-22-50(23-4-1)57-29-12-17-41-69(57)78(71-43-21-36-62-61-32-13-18-42-70(61)79(75(62)71)53-26-5-2-6-27-53)54-47-51(56-34-19-25-49-24-7-8-28-55(49)56)46-52(48-54)58-35-20-37-64-74-72(80-76(58)64)45-44-68-73(74)63-33-11-16-40-67(63)77(68)65-38-14-9-30-59(65)60-31-10-15-39-66(60)77/h1-48H. The summed E-state index contributed by atoms with van der Waals surface area (Å²) >= 11 is 0. The van der Waals surface area contributed by atoms with Gasteiger partial charge in [-0.3, -0.25) is 0 Å². The van der Waals surface area contributed by atoms with E-state index in [-0.39, 0.29) is 0 Å². The van der Waals surface area contributed by atoms with Crippen molar-refractivity contribution in [2.75, 3.05) is 4.90 Å². The molecule has 372 valence electrons. The van der Waals surface area contributed by atoms with Gasteiger partial charge >= 0.3 is 0 Å². The van der Waals surface area contributed by atoms with E-state index >= 15 is 0 Å². The minimum absolute atomic E-state index is 0.467. The molecule has 2 heterocycles. The molecule has 0 N–H and O–H groups in total. The molecule has 2 aromatic heterocycles. The summed E-state index contributed by atoms with van der Waals surface area (Å²) in [7, 11) is 0. The molecule has 0 atom stereocenters. The van der Waals surface area contributed by atoms with Crippen molar-refractivity contribution in [1.82, 2.24) is 4.57 Å². The number of fused-ring (bicyclic) bond motifs is 18. The fourth-order valence-electron chi connectivity index (χ4n) is 14.2. The van der Waals surface area contributed by atoms with Gasteiger partial charge in [-0.05, 0) is 132 Å². The second kappa shape index (κ2) is 17.3. The van der Waals surface area contributed by atoms with Crippen molar-refractivity contribution < 1.29 is 4.42 Å². The van der Waals surface area contributed by atoms with E-state index in [2.05, 4.69) is 301 Å². The molecular weight excluding hydrogens is 969 g/mol. The van der Waals surface area contributed by atoms with Gasteiger partial charge in [0.05, 0.1) is 27.8 Å². The van der Waals surface area contributed by atoms with Crippen LogP contribution in [0.3, 0.4) is 0 Å². The zero-order chi connectivity index (χ0) is 52.5. The van der Waals surface area contributed by atoms with Gasteiger partial charge in [0.15, 0.2) is 0 Å². The van der Waals surface area contributed by atoms with Crippen molar-refractivity contribution in [2.24, 2.45) is 0 Å². The zero-order valence-electron chi connectivity index (χ0n) is 43.5. The summed E-state index contributed by atoms with van der Waals surface area (Å²) in [4.78, 5) is 2.51. The molecule has 13 aromatic carbocycles. The third-order valence-electron chi connectivity index (χ3n) is 17.4. The first-order valence-corrected chi connectivity index (χ1v) is 27.7. The molecule has 15 aromatic rings. The SMILES string of the molecule is c1ccc(-c2ccccc2N(c2cc(-c3cccc4ccccc34)cc(-c3cccc4c3oc3ccc5c(c34)-c3ccccc3C53c4ccccc4-c4ccccc43)c2)c2cccc3c4ccccc4n(-c4ccccc4)c23)cc1. The van der Waals surface area contributed by atoms with Crippen molar-refractivity contribution in [2.45, 2.75) is 5.41 Å². The Labute approximate surface area is 463 Å². The van der Waals surface area contributed by atoms with Crippen molar-refractivity contribution in [1.29, 1.82) is 0 Å². The molecule has 17 rings (SSSR count). The van der Waals surface area contributed by atoms with Gasteiger partial charge in [0.2, 0.25) is 0 Å². The van der Waals surface area contributed by atoms with Crippen LogP contribution in [0, 0.1) is 0 Å². The first-order valence-electron chi connectivity index (χ1n) is 27.7. The van der Waals surface area contributed by atoms with Crippen LogP contribution in [0.2, 0.25) is 0 Å². The lowest BCUT2D eigenvalue weighted by Crippen LogP contribution is -2.25. The highest BCUT2D eigenvalue weighted by molar-refractivity contribution is 6.19. The van der Waals surface area contributed by atoms with Crippen LogP contribution >= 0.6 is 0 Å². The number of nitrogens with zero attached hydrogens (tertiary/aromatic N) is 2. The van der Waals surface area contributed by atoms with E-state index in [1.54, 1.807) is 0 Å². The van der Waals surface area contributed by atoms with Gasteiger partial charge in [0, 0.05) is 44.0 Å². The molecule has 0 bridgehead atoms. The predicted molar refractivity (Wildman–Crippen MR) is 333 cm³/mol. The quantitative estimate of drug-likeness (QED) is 0.159. The van der Waals surface area contributed by atoms with E-state index < -0.39 is 5.41 Å². The summed E-state index contributed by atoms with van der Waals surface area (Å²) in [5, 5.41) is 7.02. The first kappa shape index (κ1) is 44.6. The Morgan fingerprint density at radius 3 is 1.66 bits per heavy atom. The Bertz CT molecular complexity index is 4970. The van der Waals surface area contributed by atoms with Crippen LogP contribution in [-0.2, 0) is 5.41 Å². The summed E-state index contributed by atoms with van der Waals surface area (Å²) in [6.07, 6.45) is 0. The van der Waals surface area contributed by atoms with E-state index in [4.69, 9.17) is 4.42 Å². The largest absolute Gasteiger partial charge is 0.455 e. The van der Waals surface area contributed by atoms with Crippen molar-refractivity contribution >= 4 is 71.6 Å². The second-order valence-corrected chi connectivity index (χ2v) is 21.4. The van der Waals surface area contributed by atoms with Gasteiger partial charge in [-0.15, -0.1) is 0 Å². The summed E-state index contributed by atoms with van der Waals surface area (Å²) in [5.74, 6) is 0. The third-order valence-corrected chi connectivity index (χ3v) is 17.4. The molecule has 3 nitrogen and oxygen atoms in total. The number of furan rings is 1. The van der Waals surface area contributed by atoms with Gasteiger partial charge in [-0.1, -0.05) is 237 Å². The summed E-state index contributed by atoms with van der Waals surface area (Å²) in [5.41, 5.74) is 24.8. The number of rotatable bonds is 7. The lowest BCUT2D eigenvalue weighted by Gasteiger charge is -2.30. The van der Waals surface area contributed by atoms with Crippen LogP contribution in [0.15, 0.2) is 296 Å². The summed E-state index contributed by atoms with van der Waals surface area (Å²) < 4.78 is 9.82. The maximum Gasteiger partial charge on any atom is 0.143 e. The highest BCUT2D eigenvalue weighted by atomic mass is 16.3. The molecule has 2 aliphatic carbocycles. The molecule has 0 fully saturated rings. The van der Waals surface area contributed by atoms with E-state index in [0.717, 1.165) is 89.1 Å². The highest BCUT2D eigenvalue weighted by Crippen LogP contribution is 2.64. The number of anilines is 3. The fraction of sp³-hybridized carbons (Fsp3) is 0.0130. The minimum atomic E-state index is -0.467. The smallest absolute Gasteiger partial charge is 0.143 e. The number of hydrogen-bond acceptors (Lipinski definition) is 2. The molecule has 0 aliphatic heterocycles. The third kappa shape index (κ3) is 6.26. The number of aromatic nitrogens is 1. The van der Waals surface area contributed by atoms with E-state index in [9.17, 15) is 0 Å². The lowest BCUT2D eigenvalue weighted by molar-refractivity contribution is 0.669. The van der Waals surface area contributed by atoms with Gasteiger partial charge < -0.3 is 13.9 Å². The Balaban J connectivity index is 0.966. The molecule has 0 unspecified atom stereocenters. The molecule has 0 saturated heterocycles. The monoisotopic (exact) mass is 1020 g/mol.